The van der Waals surface area contributed by atoms with Crippen molar-refractivity contribution in [2.45, 2.75) is 19.3 Å². The molecular weight excluding hydrogens is 180 g/mol. The molecule has 1 heterocycles. The van der Waals surface area contributed by atoms with Gasteiger partial charge in [-0.15, -0.1) is 11.3 Å². The van der Waals surface area contributed by atoms with Crippen molar-refractivity contribution in [1.29, 1.82) is 0 Å². The Labute approximate surface area is 83.0 Å². The summed E-state index contributed by atoms with van der Waals surface area (Å²) < 4.78 is 5.16. The second-order valence-electron chi connectivity index (χ2n) is 3.44. The van der Waals surface area contributed by atoms with Gasteiger partial charge in [0.15, 0.2) is 5.06 Å². The minimum Gasteiger partial charge on any atom is -0.487 e. The summed E-state index contributed by atoms with van der Waals surface area (Å²) in [7, 11) is 1.73. The van der Waals surface area contributed by atoms with E-state index in [-0.39, 0.29) is 0 Å². The molecule has 0 N–H and O–H groups in total. The lowest BCUT2D eigenvalue weighted by atomic mass is 10.0. The molecule has 1 aromatic rings. The highest BCUT2D eigenvalue weighted by Gasteiger charge is 2.12. The fourth-order valence-corrected chi connectivity index (χ4v) is 2.64. The van der Waals surface area contributed by atoms with Crippen molar-refractivity contribution in [2.75, 3.05) is 7.11 Å². The molecule has 0 saturated carbocycles. The molecule has 13 heavy (non-hydrogen) atoms. The van der Waals surface area contributed by atoms with Gasteiger partial charge in [-0.3, -0.25) is 0 Å². The largest absolute Gasteiger partial charge is 0.487 e. The zero-order chi connectivity index (χ0) is 9.10. The number of thiophene rings is 1. The Kier molecular flexibility index (Phi) is 2.69. The average Bonchev–Trinajstić information content (AvgIpc) is 2.76. The van der Waals surface area contributed by atoms with Gasteiger partial charge in [-0.25, -0.2) is 0 Å². The highest BCUT2D eigenvalue weighted by atomic mass is 32.1. The minimum atomic E-state index is 0.836. The maximum atomic E-state index is 5.16. The van der Waals surface area contributed by atoms with E-state index in [4.69, 9.17) is 4.74 Å². The van der Waals surface area contributed by atoms with Gasteiger partial charge in [0, 0.05) is 4.88 Å². The molecule has 1 aliphatic carbocycles. The number of methoxy groups -OCH3 is 1. The van der Waals surface area contributed by atoms with Crippen LogP contribution in [0.25, 0.3) is 0 Å². The van der Waals surface area contributed by atoms with Crippen LogP contribution in [0.3, 0.4) is 0 Å². The van der Waals surface area contributed by atoms with E-state index in [2.05, 4.69) is 24.3 Å². The van der Waals surface area contributed by atoms with E-state index in [0.717, 1.165) is 11.0 Å². The summed E-state index contributed by atoms with van der Waals surface area (Å²) in [5.41, 5.74) is 0. The Balaban J connectivity index is 1.93. The first-order chi connectivity index (χ1) is 6.38. The SMILES string of the molecule is COc1ccc(CC2CC=CC2)s1. The first-order valence-corrected chi connectivity index (χ1v) is 5.48. The van der Waals surface area contributed by atoms with Crippen molar-refractivity contribution < 1.29 is 4.74 Å². The Bertz CT molecular complexity index is 293. The molecule has 0 amide bonds. The number of ether oxygens (including phenoxy) is 1. The lowest BCUT2D eigenvalue weighted by Crippen LogP contribution is -1.96. The summed E-state index contributed by atoms with van der Waals surface area (Å²) in [5, 5.41) is 1.03. The van der Waals surface area contributed by atoms with Crippen molar-refractivity contribution in [3.63, 3.8) is 0 Å². The van der Waals surface area contributed by atoms with Gasteiger partial charge in [0.1, 0.15) is 0 Å². The molecule has 0 saturated heterocycles. The van der Waals surface area contributed by atoms with E-state index < -0.39 is 0 Å². The van der Waals surface area contributed by atoms with Crippen molar-refractivity contribution in [2.24, 2.45) is 5.92 Å². The van der Waals surface area contributed by atoms with Gasteiger partial charge in [0.05, 0.1) is 7.11 Å². The summed E-state index contributed by atoms with van der Waals surface area (Å²) >= 11 is 1.77. The summed E-state index contributed by atoms with van der Waals surface area (Å²) in [6.45, 7) is 0. The fraction of sp³-hybridized carbons (Fsp3) is 0.455. The molecule has 0 unspecified atom stereocenters. The number of allylic oxidation sites excluding steroid dienone is 2. The van der Waals surface area contributed by atoms with Gasteiger partial charge < -0.3 is 4.74 Å². The summed E-state index contributed by atoms with van der Waals surface area (Å²) in [6.07, 6.45) is 8.28. The Hall–Kier alpha value is -0.760. The molecular formula is C11H14OS. The van der Waals surface area contributed by atoms with Crippen molar-refractivity contribution in [1.82, 2.24) is 0 Å². The van der Waals surface area contributed by atoms with Crippen LogP contribution in [-0.2, 0) is 6.42 Å². The summed E-state index contributed by atoms with van der Waals surface area (Å²) in [4.78, 5) is 1.45. The summed E-state index contributed by atoms with van der Waals surface area (Å²) in [6, 6.07) is 4.24. The second-order valence-corrected chi connectivity index (χ2v) is 4.57. The van der Waals surface area contributed by atoms with Crippen molar-refractivity contribution in [3.8, 4) is 5.06 Å². The van der Waals surface area contributed by atoms with Crippen LogP contribution in [0, 0.1) is 5.92 Å². The van der Waals surface area contributed by atoms with Crippen molar-refractivity contribution >= 4 is 11.3 Å². The van der Waals surface area contributed by atoms with Crippen LogP contribution in [0.5, 0.6) is 5.06 Å². The second kappa shape index (κ2) is 3.97. The molecule has 2 heteroatoms. The predicted molar refractivity (Wildman–Crippen MR) is 56.4 cm³/mol. The maximum Gasteiger partial charge on any atom is 0.173 e. The van der Waals surface area contributed by atoms with Crippen LogP contribution in [0.4, 0.5) is 0 Å². The van der Waals surface area contributed by atoms with E-state index in [1.54, 1.807) is 18.4 Å². The van der Waals surface area contributed by atoms with Crippen LogP contribution in [0.15, 0.2) is 24.3 Å². The molecule has 0 atom stereocenters. The Morgan fingerprint density at radius 2 is 2.15 bits per heavy atom. The van der Waals surface area contributed by atoms with Gasteiger partial charge in [-0.2, -0.15) is 0 Å². The van der Waals surface area contributed by atoms with E-state index in [0.29, 0.717) is 0 Å². The highest BCUT2D eigenvalue weighted by Crippen LogP contribution is 2.29. The minimum absolute atomic E-state index is 0.836. The number of rotatable bonds is 3. The average molecular weight is 194 g/mol. The molecule has 0 bridgehead atoms. The Morgan fingerprint density at radius 3 is 2.77 bits per heavy atom. The zero-order valence-corrected chi connectivity index (χ0v) is 8.64. The zero-order valence-electron chi connectivity index (χ0n) is 7.82. The Morgan fingerprint density at radius 1 is 1.38 bits per heavy atom. The monoisotopic (exact) mass is 194 g/mol. The molecule has 0 aliphatic heterocycles. The third kappa shape index (κ3) is 2.13. The van der Waals surface area contributed by atoms with Gasteiger partial charge >= 0.3 is 0 Å². The normalized spacial score (nSPS) is 16.7. The molecule has 0 fully saturated rings. The molecule has 1 aliphatic rings. The van der Waals surface area contributed by atoms with Crippen LogP contribution in [-0.4, -0.2) is 7.11 Å². The van der Waals surface area contributed by atoms with Gasteiger partial charge in [-0.05, 0) is 37.3 Å². The first-order valence-electron chi connectivity index (χ1n) is 4.66. The van der Waals surface area contributed by atoms with E-state index in [9.17, 15) is 0 Å². The maximum absolute atomic E-state index is 5.16. The summed E-state index contributed by atoms with van der Waals surface area (Å²) in [5.74, 6) is 0.836. The van der Waals surface area contributed by atoms with Crippen LogP contribution in [0.2, 0.25) is 0 Å². The molecule has 70 valence electrons. The van der Waals surface area contributed by atoms with Gasteiger partial charge in [0.2, 0.25) is 0 Å². The predicted octanol–water partition coefficient (Wildman–Crippen LogP) is 3.27. The fourth-order valence-electron chi connectivity index (χ4n) is 1.70. The molecule has 1 aromatic heterocycles. The highest BCUT2D eigenvalue weighted by molar-refractivity contribution is 7.13. The van der Waals surface area contributed by atoms with Gasteiger partial charge in [-0.1, -0.05) is 12.2 Å². The standard InChI is InChI=1S/C11H14OS/c1-12-11-7-6-10(13-11)8-9-4-2-3-5-9/h2-3,6-7,9H,4-5,8H2,1H3. The van der Waals surface area contributed by atoms with E-state index in [1.165, 1.54) is 24.1 Å². The van der Waals surface area contributed by atoms with Crippen LogP contribution in [0.1, 0.15) is 17.7 Å². The van der Waals surface area contributed by atoms with E-state index in [1.807, 2.05) is 0 Å². The molecule has 0 aromatic carbocycles. The third-order valence-corrected chi connectivity index (χ3v) is 3.50. The first kappa shape index (κ1) is 8.82. The smallest absolute Gasteiger partial charge is 0.173 e. The third-order valence-electron chi connectivity index (χ3n) is 2.43. The number of hydrogen-bond acceptors (Lipinski definition) is 2. The molecule has 0 spiro atoms. The molecule has 2 rings (SSSR count). The molecule has 0 radical (unpaired) electrons. The lowest BCUT2D eigenvalue weighted by molar-refractivity contribution is 0.427. The van der Waals surface area contributed by atoms with Crippen molar-refractivity contribution in [3.05, 3.63) is 29.2 Å². The van der Waals surface area contributed by atoms with E-state index >= 15 is 0 Å². The number of hydrogen-bond donors (Lipinski definition) is 0. The van der Waals surface area contributed by atoms with Crippen LogP contribution < -0.4 is 4.74 Å². The molecule has 1 nitrogen and oxygen atoms in total. The topological polar surface area (TPSA) is 9.23 Å². The quantitative estimate of drug-likeness (QED) is 0.671. The van der Waals surface area contributed by atoms with Gasteiger partial charge in [0.25, 0.3) is 0 Å². The lowest BCUT2D eigenvalue weighted by Gasteiger charge is -2.05. The van der Waals surface area contributed by atoms with Crippen LogP contribution >= 0.6 is 11.3 Å².